The Morgan fingerprint density at radius 1 is 1.11 bits per heavy atom. The Morgan fingerprint density at radius 2 is 1.82 bits per heavy atom. The van der Waals surface area contributed by atoms with Gasteiger partial charge in [0.05, 0.1) is 11.9 Å². The number of terminal acetylenes is 1. The fraction of sp³-hybridized carbons (Fsp3) is 0.136. The van der Waals surface area contributed by atoms with Crippen molar-refractivity contribution in [3.63, 3.8) is 0 Å². The van der Waals surface area contributed by atoms with Gasteiger partial charge in [-0.05, 0) is 36.8 Å². The van der Waals surface area contributed by atoms with Gasteiger partial charge >= 0.3 is 0 Å². The first-order chi connectivity index (χ1) is 13.6. The molecule has 0 bridgehead atoms. The minimum atomic E-state index is -0.144. The van der Waals surface area contributed by atoms with E-state index in [9.17, 15) is 4.79 Å². The standard InChI is InChI=1S/C22H18N4OS/c1-4-16-10-12-18(13-11-16)26-21(27)19-14-23-25(3)20(19)24-22(26)28-15(2)17-8-6-5-7-9-17/h1,5-15H,2-3H3. The molecule has 0 spiro atoms. The van der Waals surface area contributed by atoms with Crippen LogP contribution >= 0.6 is 11.8 Å². The predicted octanol–water partition coefficient (Wildman–Crippen LogP) is 3.95. The van der Waals surface area contributed by atoms with E-state index in [0.717, 1.165) is 11.3 Å². The van der Waals surface area contributed by atoms with Gasteiger partial charge in [0.15, 0.2) is 10.8 Å². The molecule has 5 nitrogen and oxygen atoms in total. The number of aryl methyl sites for hydroxylation is 1. The minimum Gasteiger partial charge on any atom is -0.268 e. The lowest BCUT2D eigenvalue weighted by Crippen LogP contribution is -2.22. The molecule has 0 saturated carbocycles. The molecular formula is C22H18N4OS. The largest absolute Gasteiger partial charge is 0.269 e. The molecule has 4 aromatic rings. The zero-order valence-corrected chi connectivity index (χ0v) is 16.4. The Labute approximate surface area is 167 Å². The number of fused-ring (bicyclic) bond motifs is 1. The van der Waals surface area contributed by atoms with Crippen molar-refractivity contribution in [2.24, 2.45) is 7.05 Å². The van der Waals surface area contributed by atoms with Gasteiger partial charge in [-0.15, -0.1) is 6.42 Å². The predicted molar refractivity (Wildman–Crippen MR) is 113 cm³/mol. The first-order valence-electron chi connectivity index (χ1n) is 8.82. The second-order valence-electron chi connectivity index (χ2n) is 6.40. The number of benzene rings is 2. The molecule has 2 aromatic carbocycles. The monoisotopic (exact) mass is 386 g/mol. The molecule has 4 rings (SSSR count). The van der Waals surface area contributed by atoms with Crippen molar-refractivity contribution in [3.8, 4) is 18.0 Å². The molecule has 138 valence electrons. The third kappa shape index (κ3) is 3.21. The quantitative estimate of drug-likeness (QED) is 0.303. The lowest BCUT2D eigenvalue weighted by atomic mass is 10.2. The molecule has 1 atom stereocenters. The summed E-state index contributed by atoms with van der Waals surface area (Å²) in [6, 6.07) is 17.5. The third-order valence-electron chi connectivity index (χ3n) is 4.58. The van der Waals surface area contributed by atoms with E-state index in [1.807, 2.05) is 42.5 Å². The lowest BCUT2D eigenvalue weighted by Gasteiger charge is -2.16. The Bertz CT molecular complexity index is 1230. The van der Waals surface area contributed by atoms with E-state index in [1.54, 1.807) is 22.5 Å². The summed E-state index contributed by atoms with van der Waals surface area (Å²) in [5.41, 5.74) is 3.09. The Hall–Kier alpha value is -3.30. The molecule has 0 aliphatic heterocycles. The number of hydrogen-bond acceptors (Lipinski definition) is 4. The summed E-state index contributed by atoms with van der Waals surface area (Å²) in [7, 11) is 1.79. The highest BCUT2D eigenvalue weighted by atomic mass is 32.2. The zero-order chi connectivity index (χ0) is 19.7. The van der Waals surface area contributed by atoms with E-state index in [4.69, 9.17) is 11.4 Å². The van der Waals surface area contributed by atoms with Gasteiger partial charge in [0.1, 0.15) is 5.39 Å². The summed E-state index contributed by atoms with van der Waals surface area (Å²) >= 11 is 1.54. The van der Waals surface area contributed by atoms with E-state index >= 15 is 0 Å². The summed E-state index contributed by atoms with van der Waals surface area (Å²) in [6.45, 7) is 2.10. The van der Waals surface area contributed by atoms with Crippen molar-refractivity contribution in [2.45, 2.75) is 17.3 Å². The summed E-state index contributed by atoms with van der Waals surface area (Å²) in [5, 5.41) is 5.43. The Balaban J connectivity index is 1.88. The highest BCUT2D eigenvalue weighted by molar-refractivity contribution is 7.99. The smallest absolute Gasteiger partial charge is 0.268 e. The van der Waals surface area contributed by atoms with Crippen LogP contribution in [-0.2, 0) is 7.05 Å². The molecule has 0 N–H and O–H groups in total. The molecular weight excluding hydrogens is 368 g/mol. The number of aromatic nitrogens is 4. The molecule has 6 heteroatoms. The summed E-state index contributed by atoms with van der Waals surface area (Å²) in [6.07, 6.45) is 7.02. The Morgan fingerprint density at radius 3 is 2.50 bits per heavy atom. The topological polar surface area (TPSA) is 52.7 Å². The van der Waals surface area contributed by atoms with Gasteiger partial charge in [0.25, 0.3) is 5.56 Å². The number of nitrogens with zero attached hydrogens (tertiary/aromatic N) is 4. The van der Waals surface area contributed by atoms with E-state index < -0.39 is 0 Å². The zero-order valence-electron chi connectivity index (χ0n) is 15.5. The van der Waals surface area contributed by atoms with Gasteiger partial charge < -0.3 is 0 Å². The van der Waals surface area contributed by atoms with Crippen molar-refractivity contribution >= 4 is 22.8 Å². The first kappa shape index (κ1) is 18.1. The normalized spacial score (nSPS) is 12.0. The van der Waals surface area contributed by atoms with E-state index in [-0.39, 0.29) is 10.8 Å². The van der Waals surface area contributed by atoms with Gasteiger partial charge in [-0.25, -0.2) is 4.98 Å². The van der Waals surface area contributed by atoms with Crippen molar-refractivity contribution in [1.82, 2.24) is 19.3 Å². The number of rotatable bonds is 4. The fourth-order valence-electron chi connectivity index (χ4n) is 3.03. The van der Waals surface area contributed by atoms with Crippen LogP contribution in [0.2, 0.25) is 0 Å². The van der Waals surface area contributed by atoms with Crippen LogP contribution in [0.4, 0.5) is 0 Å². The number of hydrogen-bond donors (Lipinski definition) is 0. The van der Waals surface area contributed by atoms with Gasteiger partial charge in [0.2, 0.25) is 0 Å². The summed E-state index contributed by atoms with van der Waals surface area (Å²) in [5.74, 6) is 2.60. The van der Waals surface area contributed by atoms with Crippen LogP contribution in [0.15, 0.2) is 70.7 Å². The van der Waals surface area contributed by atoms with Crippen LogP contribution in [0, 0.1) is 12.3 Å². The van der Waals surface area contributed by atoms with Crippen molar-refractivity contribution in [2.75, 3.05) is 0 Å². The molecule has 0 aliphatic rings. The minimum absolute atomic E-state index is 0.120. The van der Waals surface area contributed by atoms with Crippen LogP contribution in [0.1, 0.15) is 23.3 Å². The summed E-state index contributed by atoms with van der Waals surface area (Å²) in [4.78, 5) is 18.0. The van der Waals surface area contributed by atoms with Crippen LogP contribution in [0.3, 0.4) is 0 Å². The van der Waals surface area contributed by atoms with E-state index in [2.05, 4.69) is 30.1 Å². The highest BCUT2D eigenvalue weighted by Crippen LogP contribution is 2.34. The highest BCUT2D eigenvalue weighted by Gasteiger charge is 2.18. The molecule has 28 heavy (non-hydrogen) atoms. The summed E-state index contributed by atoms with van der Waals surface area (Å²) < 4.78 is 3.26. The lowest BCUT2D eigenvalue weighted by molar-refractivity contribution is 0.757. The molecule has 2 aromatic heterocycles. The fourth-order valence-corrected chi connectivity index (χ4v) is 4.07. The van der Waals surface area contributed by atoms with Crippen LogP contribution in [-0.4, -0.2) is 19.3 Å². The molecule has 0 aliphatic carbocycles. The molecule has 1 unspecified atom stereocenters. The van der Waals surface area contributed by atoms with Gasteiger partial charge in [-0.1, -0.05) is 48.0 Å². The second kappa shape index (κ2) is 7.37. The molecule has 0 saturated heterocycles. The van der Waals surface area contributed by atoms with Crippen molar-refractivity contribution < 1.29 is 0 Å². The van der Waals surface area contributed by atoms with Gasteiger partial charge in [-0.3, -0.25) is 14.0 Å². The van der Waals surface area contributed by atoms with E-state index in [0.29, 0.717) is 16.2 Å². The van der Waals surface area contributed by atoms with Gasteiger partial charge in [-0.2, -0.15) is 5.10 Å². The van der Waals surface area contributed by atoms with Crippen LogP contribution in [0.25, 0.3) is 16.7 Å². The van der Waals surface area contributed by atoms with E-state index in [1.165, 1.54) is 17.3 Å². The van der Waals surface area contributed by atoms with Gasteiger partial charge in [0, 0.05) is 17.9 Å². The van der Waals surface area contributed by atoms with Crippen molar-refractivity contribution in [1.29, 1.82) is 0 Å². The average Bonchev–Trinajstić information content (AvgIpc) is 3.10. The Kier molecular flexibility index (Phi) is 4.76. The maximum absolute atomic E-state index is 13.3. The second-order valence-corrected chi connectivity index (χ2v) is 7.71. The average molecular weight is 386 g/mol. The SMILES string of the molecule is C#Cc1ccc(-n2c(SC(C)c3ccccc3)nc3c(cnn3C)c2=O)cc1. The van der Waals surface area contributed by atoms with Crippen molar-refractivity contribution in [3.05, 3.63) is 82.3 Å². The maximum Gasteiger partial charge on any atom is 0.269 e. The maximum atomic E-state index is 13.3. The van der Waals surface area contributed by atoms with Crippen LogP contribution < -0.4 is 5.56 Å². The first-order valence-corrected chi connectivity index (χ1v) is 9.70. The molecule has 0 fully saturated rings. The molecule has 2 heterocycles. The third-order valence-corrected chi connectivity index (χ3v) is 5.69. The number of thioether (sulfide) groups is 1. The molecule has 0 radical (unpaired) electrons. The molecule has 0 amide bonds. The van der Waals surface area contributed by atoms with Crippen LogP contribution in [0.5, 0.6) is 0 Å².